The second-order valence-corrected chi connectivity index (χ2v) is 14.2. The minimum absolute atomic E-state index is 0.0850. The van der Waals surface area contributed by atoms with E-state index >= 15 is 0 Å². The van der Waals surface area contributed by atoms with E-state index in [1.807, 2.05) is 6.07 Å². The van der Waals surface area contributed by atoms with E-state index in [4.69, 9.17) is 6.57 Å². The highest BCUT2D eigenvalue weighted by Crippen LogP contribution is 2.57. The Morgan fingerprint density at radius 1 is 0.420 bits per heavy atom. The van der Waals surface area contributed by atoms with Crippen molar-refractivity contribution in [2.75, 3.05) is 0 Å². The van der Waals surface area contributed by atoms with Gasteiger partial charge in [-0.25, -0.2) is 4.85 Å². The SMILES string of the molecule is Cc1cc(C)c[n+](CC(F)(F)C(F)(F)C(F)(F)C(F)(F)C(F)(F)F)c1.Cc1cc(C)c[n+](CC(F)(F)F)c1.FC(F)(F)C(F)(F)C(F)(F)C(F)(F)[n+]1ccccc1.[C-]#[N+]c1cc[n+](C(F)(F)F)cc1. The molecule has 0 atom stereocenters. The molecule has 0 spiro atoms. The van der Waals surface area contributed by atoms with Crippen molar-refractivity contribution in [3.8, 4) is 0 Å². The molecule has 0 aliphatic heterocycles. The maximum absolute atomic E-state index is 13.6. The van der Waals surface area contributed by atoms with Gasteiger partial charge < -0.3 is 0 Å². The lowest BCUT2D eigenvalue weighted by atomic mass is 9.98. The molecular weight excluding hydrogens is 1020 g/mol. The Labute approximate surface area is 371 Å². The molecule has 0 bridgehead atoms. The number of pyridine rings is 4. The zero-order valence-electron chi connectivity index (χ0n) is 34.6. The minimum Gasteiger partial charge on any atom is -0.238 e. The van der Waals surface area contributed by atoms with E-state index in [-0.39, 0.29) is 33.8 Å². The predicted molar refractivity (Wildman–Crippen MR) is 181 cm³/mol. The number of rotatable bonds is 9. The van der Waals surface area contributed by atoms with Crippen LogP contribution in [0.2, 0.25) is 0 Å². The topological polar surface area (TPSA) is 19.9 Å². The van der Waals surface area contributed by atoms with Gasteiger partial charge in [0.15, 0.2) is 55.3 Å². The van der Waals surface area contributed by atoms with Crippen molar-refractivity contribution in [3.05, 3.63) is 126 Å². The van der Waals surface area contributed by atoms with Crippen LogP contribution in [0.15, 0.2) is 92.0 Å². The molecule has 0 saturated heterocycles. The Kier molecular flexibility index (Phi) is 18.7. The number of alkyl halides is 26. The summed E-state index contributed by atoms with van der Waals surface area (Å²) in [5.41, 5.74) is 2.35. The summed E-state index contributed by atoms with van der Waals surface area (Å²) in [6.07, 6.45) is -15.8. The van der Waals surface area contributed by atoms with Gasteiger partial charge in [0.05, 0.1) is 6.57 Å². The number of nitrogens with zero attached hydrogens (tertiary/aromatic N) is 5. The third-order valence-corrected chi connectivity index (χ3v) is 8.14. The largest absolute Gasteiger partial charge is 0.637 e. The van der Waals surface area contributed by atoms with Gasteiger partial charge in [-0.05, 0) is 39.8 Å². The van der Waals surface area contributed by atoms with Crippen LogP contribution in [0.5, 0.6) is 0 Å². The van der Waals surface area contributed by atoms with Gasteiger partial charge in [-0.2, -0.15) is 101 Å². The zero-order chi connectivity index (χ0) is 54.4. The van der Waals surface area contributed by atoms with Gasteiger partial charge in [-0.3, -0.25) is 0 Å². The van der Waals surface area contributed by atoms with Crippen molar-refractivity contribution in [2.24, 2.45) is 0 Å². The number of hydrogen-bond acceptors (Lipinski definition) is 0. The molecule has 0 aliphatic carbocycles. The highest BCUT2D eigenvalue weighted by molar-refractivity contribution is 5.40. The lowest BCUT2D eigenvalue weighted by Crippen LogP contribution is -2.69. The molecule has 4 rings (SSSR count). The van der Waals surface area contributed by atoms with Crippen molar-refractivity contribution in [2.45, 2.75) is 107 Å². The molecule has 0 N–H and O–H groups in total. The van der Waals surface area contributed by atoms with Crippen LogP contribution in [0.4, 0.5) is 120 Å². The summed E-state index contributed by atoms with van der Waals surface area (Å²) < 4.78 is 327. The average molecular weight is 1050 g/mol. The fraction of sp³-hybridized carbons (Fsp3) is 0.447. The summed E-state index contributed by atoms with van der Waals surface area (Å²) in [7, 11) is 0. The zero-order valence-corrected chi connectivity index (χ0v) is 34.6. The molecule has 0 aromatic carbocycles. The van der Waals surface area contributed by atoms with Crippen LogP contribution in [0, 0.1) is 34.3 Å². The number of halogens is 26. The van der Waals surface area contributed by atoms with Gasteiger partial charge in [0.25, 0.3) is 0 Å². The van der Waals surface area contributed by atoms with Gasteiger partial charge in [-0.15, -0.1) is 31.1 Å². The molecule has 5 nitrogen and oxygen atoms in total. The summed E-state index contributed by atoms with van der Waals surface area (Å²) in [5.74, 6) is -41.2. The standard InChI is InChI=1S/C13H11F11N.C9H5F9N.C9H11F3N.C7H4F3N2/c1-7-3-8(2)5-25(4-7)6-9(14,15)10(16,17)11(18,19)12(20,21)13(22,23)24;10-6(11,8(14,15)16)7(12,13)9(17,18)19-4-2-1-3-5-19;1-7-3-8(2)5-13(4-7)6-9(10,11)12;1-11-6-2-4-12(5-3-6)7(8,9)10/h3-5H,6H2,1-2H3;1-5H;3-5H,6H2,1-2H3;2-5H/q4*+1. The van der Waals surface area contributed by atoms with E-state index < -0.39 is 84.1 Å². The Hall–Kier alpha value is -5.73. The van der Waals surface area contributed by atoms with Crippen LogP contribution < -0.4 is 18.3 Å². The van der Waals surface area contributed by atoms with E-state index in [0.717, 1.165) is 70.8 Å². The fourth-order valence-electron chi connectivity index (χ4n) is 5.09. The predicted octanol–water partition coefficient (Wildman–Crippen LogP) is 12.2. The average Bonchev–Trinajstić information content (AvgIpc) is 3.16. The van der Waals surface area contributed by atoms with E-state index in [1.165, 1.54) is 32.3 Å². The molecule has 0 amide bonds. The van der Waals surface area contributed by atoms with Crippen molar-refractivity contribution in [1.29, 1.82) is 0 Å². The van der Waals surface area contributed by atoms with Crippen LogP contribution in [0.1, 0.15) is 22.3 Å². The molecule has 31 heteroatoms. The minimum atomic E-state index is -7.37. The molecule has 0 fully saturated rings. The first-order valence-corrected chi connectivity index (χ1v) is 17.8. The Morgan fingerprint density at radius 3 is 1.09 bits per heavy atom. The van der Waals surface area contributed by atoms with Gasteiger partial charge in [0.2, 0.25) is 13.1 Å². The Morgan fingerprint density at radius 2 is 0.768 bits per heavy atom. The molecule has 4 aromatic rings. The maximum Gasteiger partial charge on any atom is 0.637 e. The quantitative estimate of drug-likeness (QED) is 0.0904. The first-order valence-electron chi connectivity index (χ1n) is 17.8. The van der Waals surface area contributed by atoms with Crippen LogP contribution in [-0.4, -0.2) is 54.1 Å². The molecule has 0 unspecified atom stereocenters. The molecule has 69 heavy (non-hydrogen) atoms. The van der Waals surface area contributed by atoms with Gasteiger partial charge in [0, 0.05) is 46.5 Å². The van der Waals surface area contributed by atoms with E-state index in [0.29, 0.717) is 4.57 Å². The summed E-state index contributed by atoms with van der Waals surface area (Å²) >= 11 is 0. The van der Waals surface area contributed by atoms with Crippen molar-refractivity contribution < 1.29 is 132 Å². The molecule has 4 aromatic heterocycles. The smallest absolute Gasteiger partial charge is 0.238 e. The lowest BCUT2D eigenvalue weighted by Gasteiger charge is -2.36. The van der Waals surface area contributed by atoms with Gasteiger partial charge in [-0.1, -0.05) is 6.07 Å². The maximum atomic E-state index is 13.6. The third-order valence-electron chi connectivity index (χ3n) is 8.14. The Balaban J connectivity index is 0.000000480. The molecule has 0 saturated carbocycles. The summed E-state index contributed by atoms with van der Waals surface area (Å²) in [4.78, 5) is 2.96. The lowest BCUT2D eigenvalue weighted by molar-refractivity contribution is -0.854. The first kappa shape index (κ1) is 61.3. The molecular formula is C38H31F26N5+4. The van der Waals surface area contributed by atoms with Crippen molar-refractivity contribution in [1.82, 2.24) is 0 Å². The third kappa shape index (κ3) is 14.9. The Bertz CT molecular complexity index is 2290. The highest BCUT2D eigenvalue weighted by Gasteiger charge is 2.88. The van der Waals surface area contributed by atoms with Gasteiger partial charge >= 0.3 is 66.4 Å². The molecule has 386 valence electrons. The molecule has 4 heterocycles. The van der Waals surface area contributed by atoms with Crippen LogP contribution in [-0.2, 0) is 25.4 Å². The second kappa shape index (κ2) is 21.1. The number of hydrogen-bond donors (Lipinski definition) is 0. The molecule has 0 aliphatic rings. The van der Waals surface area contributed by atoms with E-state index in [2.05, 4.69) is 4.85 Å². The highest BCUT2D eigenvalue weighted by atomic mass is 19.4. The van der Waals surface area contributed by atoms with E-state index in [1.54, 1.807) is 13.8 Å². The number of aryl methyl sites for hydroxylation is 4. The van der Waals surface area contributed by atoms with Crippen molar-refractivity contribution >= 4 is 5.69 Å². The normalized spacial score (nSPS) is 13.5. The first-order chi connectivity index (χ1) is 30.6. The number of aromatic nitrogens is 4. The summed E-state index contributed by atoms with van der Waals surface area (Å²) in [6.45, 7) is 9.59. The van der Waals surface area contributed by atoms with Crippen LogP contribution in [0.3, 0.4) is 0 Å². The van der Waals surface area contributed by atoms with Gasteiger partial charge in [0.1, 0.15) is 0 Å². The molecule has 0 radical (unpaired) electrons. The monoisotopic (exact) mass is 1050 g/mol. The van der Waals surface area contributed by atoms with E-state index in [9.17, 15) is 114 Å². The second-order valence-electron chi connectivity index (χ2n) is 14.2. The van der Waals surface area contributed by atoms with Crippen LogP contribution >= 0.6 is 0 Å². The summed E-state index contributed by atoms with van der Waals surface area (Å²) in [5, 5.41) is 0. The van der Waals surface area contributed by atoms with Crippen LogP contribution in [0.25, 0.3) is 4.85 Å². The van der Waals surface area contributed by atoms with Crippen molar-refractivity contribution in [3.63, 3.8) is 0 Å². The summed E-state index contributed by atoms with van der Waals surface area (Å²) in [6, 6.07) is 2.35. The fourth-order valence-corrected chi connectivity index (χ4v) is 5.09.